The van der Waals surface area contributed by atoms with Crippen LogP contribution in [0.2, 0.25) is 0 Å². The minimum absolute atomic E-state index is 0.339. The Kier molecular flexibility index (Phi) is 3.86. The zero-order chi connectivity index (χ0) is 12.9. The fourth-order valence-corrected chi connectivity index (χ4v) is 2.74. The van der Waals surface area contributed by atoms with Crippen LogP contribution in [-0.2, 0) is 0 Å². The molecule has 1 aliphatic rings. The number of nitrogens with one attached hydrogen (secondary N) is 1. The molecule has 0 unspecified atom stereocenters. The zero-order valence-electron chi connectivity index (χ0n) is 11.0. The van der Waals surface area contributed by atoms with Gasteiger partial charge in [-0.2, -0.15) is 0 Å². The van der Waals surface area contributed by atoms with E-state index in [0.29, 0.717) is 6.04 Å². The van der Waals surface area contributed by atoms with Crippen LogP contribution in [0.5, 0.6) is 0 Å². The molecule has 0 amide bonds. The number of nitrogens with zero attached hydrogens (tertiary/aromatic N) is 2. The van der Waals surface area contributed by atoms with E-state index in [1.54, 1.807) is 0 Å². The Morgan fingerprint density at radius 1 is 0.895 bits per heavy atom. The summed E-state index contributed by atoms with van der Waals surface area (Å²) in [7, 11) is 0. The van der Waals surface area contributed by atoms with Gasteiger partial charge in [0, 0.05) is 38.6 Å². The SMILES string of the molecule is c1ccc([C@@H](c2ccncc2)N2CCNCC2)cc1. The molecule has 2 aromatic rings. The van der Waals surface area contributed by atoms with Gasteiger partial charge < -0.3 is 5.32 Å². The van der Waals surface area contributed by atoms with Gasteiger partial charge in [0.2, 0.25) is 0 Å². The Balaban J connectivity index is 1.96. The smallest absolute Gasteiger partial charge is 0.0603 e. The molecule has 0 bridgehead atoms. The first-order chi connectivity index (χ1) is 9.45. The van der Waals surface area contributed by atoms with Gasteiger partial charge in [-0.05, 0) is 23.3 Å². The summed E-state index contributed by atoms with van der Waals surface area (Å²) in [6, 6.07) is 15.3. The monoisotopic (exact) mass is 253 g/mol. The number of hydrogen-bond acceptors (Lipinski definition) is 3. The fourth-order valence-electron chi connectivity index (χ4n) is 2.74. The van der Waals surface area contributed by atoms with Crippen molar-refractivity contribution in [3.05, 3.63) is 66.0 Å². The Hall–Kier alpha value is -1.71. The van der Waals surface area contributed by atoms with Gasteiger partial charge in [-0.3, -0.25) is 9.88 Å². The number of piperazine rings is 1. The van der Waals surface area contributed by atoms with Gasteiger partial charge in [0.1, 0.15) is 0 Å². The number of pyridine rings is 1. The van der Waals surface area contributed by atoms with Crippen molar-refractivity contribution in [2.24, 2.45) is 0 Å². The van der Waals surface area contributed by atoms with Crippen molar-refractivity contribution >= 4 is 0 Å². The molecule has 1 atom stereocenters. The van der Waals surface area contributed by atoms with Crippen molar-refractivity contribution in [1.82, 2.24) is 15.2 Å². The second-order valence-electron chi connectivity index (χ2n) is 4.88. The van der Waals surface area contributed by atoms with Crippen molar-refractivity contribution in [2.45, 2.75) is 6.04 Å². The first-order valence-electron chi connectivity index (χ1n) is 6.85. The highest BCUT2D eigenvalue weighted by Gasteiger charge is 2.23. The molecule has 98 valence electrons. The van der Waals surface area contributed by atoms with Crippen LogP contribution < -0.4 is 5.32 Å². The second kappa shape index (κ2) is 5.95. The molecule has 3 rings (SSSR count). The maximum atomic E-state index is 4.14. The van der Waals surface area contributed by atoms with Gasteiger partial charge in [-0.25, -0.2) is 0 Å². The summed E-state index contributed by atoms with van der Waals surface area (Å²) in [6.45, 7) is 4.30. The number of aromatic nitrogens is 1. The summed E-state index contributed by atoms with van der Waals surface area (Å²) in [4.78, 5) is 6.68. The van der Waals surface area contributed by atoms with E-state index in [1.165, 1.54) is 11.1 Å². The topological polar surface area (TPSA) is 28.2 Å². The maximum Gasteiger partial charge on any atom is 0.0603 e. The highest BCUT2D eigenvalue weighted by atomic mass is 15.2. The highest BCUT2D eigenvalue weighted by Crippen LogP contribution is 2.28. The quantitative estimate of drug-likeness (QED) is 0.907. The van der Waals surface area contributed by atoms with Crippen LogP contribution in [0.15, 0.2) is 54.9 Å². The fraction of sp³-hybridized carbons (Fsp3) is 0.312. The normalized spacial score (nSPS) is 18.1. The van der Waals surface area contributed by atoms with Gasteiger partial charge in [-0.1, -0.05) is 30.3 Å². The molecule has 1 aliphatic heterocycles. The Morgan fingerprint density at radius 2 is 1.53 bits per heavy atom. The van der Waals surface area contributed by atoms with E-state index in [0.717, 1.165) is 26.2 Å². The lowest BCUT2D eigenvalue weighted by Crippen LogP contribution is -2.45. The molecule has 0 saturated carbocycles. The molecule has 1 N–H and O–H groups in total. The predicted octanol–water partition coefficient (Wildman–Crippen LogP) is 2.08. The van der Waals surface area contributed by atoms with Gasteiger partial charge in [0.15, 0.2) is 0 Å². The average Bonchev–Trinajstić information content (AvgIpc) is 2.51. The Bertz CT molecular complexity index is 452. The molecule has 0 spiro atoms. The van der Waals surface area contributed by atoms with Crippen LogP contribution in [-0.4, -0.2) is 36.1 Å². The van der Waals surface area contributed by atoms with E-state index < -0.39 is 0 Å². The van der Waals surface area contributed by atoms with Crippen LogP contribution in [0.3, 0.4) is 0 Å². The Labute approximate surface area is 114 Å². The third-order valence-electron chi connectivity index (χ3n) is 3.65. The van der Waals surface area contributed by atoms with Gasteiger partial charge in [-0.15, -0.1) is 0 Å². The van der Waals surface area contributed by atoms with Crippen molar-refractivity contribution in [2.75, 3.05) is 26.2 Å². The zero-order valence-corrected chi connectivity index (χ0v) is 11.0. The molecule has 1 aromatic carbocycles. The number of benzene rings is 1. The van der Waals surface area contributed by atoms with Crippen molar-refractivity contribution in [3.8, 4) is 0 Å². The molecule has 1 aromatic heterocycles. The Morgan fingerprint density at radius 3 is 2.21 bits per heavy atom. The molecule has 0 radical (unpaired) electrons. The molecular weight excluding hydrogens is 234 g/mol. The van der Waals surface area contributed by atoms with Gasteiger partial charge >= 0.3 is 0 Å². The van der Waals surface area contributed by atoms with Gasteiger partial charge in [0.25, 0.3) is 0 Å². The summed E-state index contributed by atoms with van der Waals surface area (Å²) >= 11 is 0. The molecule has 3 heteroatoms. The van der Waals surface area contributed by atoms with Crippen LogP contribution in [0.25, 0.3) is 0 Å². The van der Waals surface area contributed by atoms with E-state index >= 15 is 0 Å². The lowest BCUT2D eigenvalue weighted by Gasteiger charge is -2.35. The maximum absolute atomic E-state index is 4.14. The molecule has 1 saturated heterocycles. The van der Waals surface area contributed by atoms with E-state index in [4.69, 9.17) is 0 Å². The molecule has 0 aliphatic carbocycles. The lowest BCUT2D eigenvalue weighted by molar-refractivity contribution is 0.198. The largest absolute Gasteiger partial charge is 0.314 e. The van der Waals surface area contributed by atoms with Crippen molar-refractivity contribution in [1.29, 1.82) is 0 Å². The van der Waals surface area contributed by atoms with Gasteiger partial charge in [0.05, 0.1) is 6.04 Å². The molecule has 3 nitrogen and oxygen atoms in total. The second-order valence-corrected chi connectivity index (χ2v) is 4.88. The summed E-state index contributed by atoms with van der Waals surface area (Å²) in [5, 5.41) is 3.42. The predicted molar refractivity (Wildman–Crippen MR) is 77.0 cm³/mol. The number of hydrogen-bond donors (Lipinski definition) is 1. The van der Waals surface area contributed by atoms with Crippen LogP contribution in [0, 0.1) is 0 Å². The molecule has 1 fully saturated rings. The highest BCUT2D eigenvalue weighted by molar-refractivity contribution is 5.30. The van der Waals surface area contributed by atoms with Crippen LogP contribution >= 0.6 is 0 Å². The van der Waals surface area contributed by atoms with E-state index in [9.17, 15) is 0 Å². The third kappa shape index (κ3) is 2.83. The minimum Gasteiger partial charge on any atom is -0.314 e. The number of rotatable bonds is 3. The third-order valence-corrected chi connectivity index (χ3v) is 3.65. The van der Waals surface area contributed by atoms with Crippen LogP contribution in [0.4, 0.5) is 0 Å². The first kappa shape index (κ1) is 12.3. The summed E-state index contributed by atoms with van der Waals surface area (Å²) in [5.74, 6) is 0. The first-order valence-corrected chi connectivity index (χ1v) is 6.85. The standard InChI is InChI=1S/C16H19N3/c1-2-4-14(5-3-1)16(15-6-8-17-9-7-15)19-12-10-18-11-13-19/h1-9,16,18H,10-13H2/t16-/m0/s1. The van der Waals surface area contributed by atoms with Crippen molar-refractivity contribution < 1.29 is 0 Å². The van der Waals surface area contributed by atoms with Crippen molar-refractivity contribution in [3.63, 3.8) is 0 Å². The molecule has 2 heterocycles. The van der Waals surface area contributed by atoms with Crippen LogP contribution in [0.1, 0.15) is 17.2 Å². The minimum atomic E-state index is 0.339. The molecule has 19 heavy (non-hydrogen) atoms. The molecular formula is C16H19N3. The lowest BCUT2D eigenvalue weighted by atomic mass is 9.97. The summed E-state index contributed by atoms with van der Waals surface area (Å²) in [6.07, 6.45) is 3.76. The summed E-state index contributed by atoms with van der Waals surface area (Å²) < 4.78 is 0. The van der Waals surface area contributed by atoms with E-state index in [2.05, 4.69) is 57.7 Å². The van der Waals surface area contributed by atoms with E-state index in [-0.39, 0.29) is 0 Å². The van der Waals surface area contributed by atoms with E-state index in [1.807, 2.05) is 12.4 Å². The summed E-state index contributed by atoms with van der Waals surface area (Å²) in [5.41, 5.74) is 2.68. The average molecular weight is 253 g/mol.